The highest BCUT2D eigenvalue weighted by Crippen LogP contribution is 2.18. The van der Waals surface area contributed by atoms with Gasteiger partial charge in [0.15, 0.2) is 6.61 Å². The molecule has 1 N–H and O–H groups in total. The summed E-state index contributed by atoms with van der Waals surface area (Å²) in [5.41, 5.74) is 0.550. The monoisotopic (exact) mass is 367 g/mol. The van der Waals surface area contributed by atoms with Crippen LogP contribution in [0.5, 0.6) is 0 Å². The van der Waals surface area contributed by atoms with Crippen molar-refractivity contribution in [2.45, 2.75) is 13.0 Å². The van der Waals surface area contributed by atoms with Crippen LogP contribution in [-0.2, 0) is 14.3 Å². The van der Waals surface area contributed by atoms with Crippen molar-refractivity contribution in [2.24, 2.45) is 0 Å². The van der Waals surface area contributed by atoms with Crippen LogP contribution in [0, 0.1) is 5.82 Å². The summed E-state index contributed by atoms with van der Waals surface area (Å²) in [7, 11) is 0. The highest BCUT2D eigenvalue weighted by molar-refractivity contribution is 7.10. The summed E-state index contributed by atoms with van der Waals surface area (Å²) >= 11 is 7.18. The van der Waals surface area contributed by atoms with Gasteiger partial charge >= 0.3 is 5.97 Å². The number of hydrogen-bond donors (Lipinski definition) is 1. The number of nitrogens with one attached hydrogen (secondary N) is 1. The van der Waals surface area contributed by atoms with Crippen LogP contribution in [0.15, 0.2) is 41.8 Å². The molecule has 126 valence electrons. The van der Waals surface area contributed by atoms with Gasteiger partial charge in [-0.25, -0.2) is 9.18 Å². The molecule has 0 bridgehead atoms. The molecule has 4 nitrogen and oxygen atoms in total. The molecule has 24 heavy (non-hydrogen) atoms. The van der Waals surface area contributed by atoms with Crippen LogP contribution in [0.4, 0.5) is 4.39 Å². The van der Waals surface area contributed by atoms with Crippen LogP contribution < -0.4 is 5.32 Å². The fraction of sp³-hybridized carbons (Fsp3) is 0.176. The number of amides is 1. The lowest BCUT2D eigenvalue weighted by Gasteiger charge is -2.11. The number of thiophene rings is 1. The van der Waals surface area contributed by atoms with E-state index in [2.05, 4.69) is 5.32 Å². The van der Waals surface area contributed by atoms with Crippen molar-refractivity contribution in [1.29, 1.82) is 0 Å². The Morgan fingerprint density at radius 1 is 1.42 bits per heavy atom. The molecule has 0 unspecified atom stereocenters. The Kier molecular flexibility index (Phi) is 6.52. The van der Waals surface area contributed by atoms with Crippen LogP contribution in [0.3, 0.4) is 0 Å². The third-order valence-electron chi connectivity index (χ3n) is 3.05. The predicted octanol–water partition coefficient (Wildman–Crippen LogP) is 3.97. The third-order valence-corrected chi connectivity index (χ3v) is 4.39. The third kappa shape index (κ3) is 5.47. The Labute approximate surface area is 147 Å². The zero-order valence-electron chi connectivity index (χ0n) is 12.8. The molecule has 1 aromatic carbocycles. The minimum atomic E-state index is -0.672. The van der Waals surface area contributed by atoms with Crippen molar-refractivity contribution in [2.75, 3.05) is 6.61 Å². The lowest BCUT2D eigenvalue weighted by molar-refractivity contribution is -0.144. The van der Waals surface area contributed by atoms with Crippen LogP contribution in [0.25, 0.3) is 6.08 Å². The molecule has 0 aliphatic rings. The van der Waals surface area contributed by atoms with Crippen molar-refractivity contribution in [1.82, 2.24) is 5.32 Å². The Morgan fingerprint density at radius 2 is 2.21 bits per heavy atom. The second kappa shape index (κ2) is 8.61. The van der Waals surface area contributed by atoms with E-state index in [1.54, 1.807) is 0 Å². The van der Waals surface area contributed by atoms with Crippen molar-refractivity contribution in [3.05, 3.63) is 63.1 Å². The standard InChI is InChI=1S/C17H15ClFNO3S/c1-11(15-3-2-8-24-15)20-16(21)10-23-17(22)7-5-12-4-6-14(19)13(18)9-12/h2-9,11H,10H2,1H3,(H,20,21)/b7-5+/t11-/m1/s1. The van der Waals surface area contributed by atoms with Gasteiger partial charge in [0.25, 0.3) is 5.91 Å². The van der Waals surface area contributed by atoms with E-state index in [1.807, 2.05) is 24.4 Å². The number of carbonyl (C=O) groups excluding carboxylic acids is 2. The van der Waals surface area contributed by atoms with Gasteiger partial charge in [-0.2, -0.15) is 0 Å². The predicted molar refractivity (Wildman–Crippen MR) is 92.3 cm³/mol. The van der Waals surface area contributed by atoms with E-state index in [1.165, 1.54) is 35.6 Å². The van der Waals surface area contributed by atoms with E-state index in [4.69, 9.17) is 16.3 Å². The SMILES string of the molecule is C[C@@H](NC(=O)COC(=O)/C=C/c1ccc(F)c(Cl)c1)c1cccs1. The molecular formula is C17H15ClFNO3S. The molecule has 0 aliphatic heterocycles. The summed E-state index contributed by atoms with van der Waals surface area (Å²) in [6.45, 7) is 1.48. The van der Waals surface area contributed by atoms with Gasteiger partial charge in [-0.1, -0.05) is 23.7 Å². The largest absolute Gasteiger partial charge is 0.452 e. The van der Waals surface area contributed by atoms with Crippen LogP contribution in [0.2, 0.25) is 5.02 Å². The molecule has 1 aromatic heterocycles. The number of ether oxygens (including phenoxy) is 1. The summed E-state index contributed by atoms with van der Waals surface area (Å²) in [5, 5.41) is 4.62. The van der Waals surface area contributed by atoms with Gasteiger partial charge in [-0.3, -0.25) is 4.79 Å². The molecule has 0 fully saturated rings. The Hall–Kier alpha value is -2.18. The number of halogens is 2. The molecular weight excluding hydrogens is 353 g/mol. The molecule has 0 aliphatic carbocycles. The van der Waals surface area contributed by atoms with Gasteiger partial charge < -0.3 is 10.1 Å². The highest BCUT2D eigenvalue weighted by Gasteiger charge is 2.11. The Balaban J connectivity index is 1.78. The molecule has 1 atom stereocenters. The van der Waals surface area contributed by atoms with E-state index in [0.29, 0.717) is 5.56 Å². The number of rotatable bonds is 6. The lowest BCUT2D eigenvalue weighted by Crippen LogP contribution is -2.30. The maximum atomic E-state index is 13.0. The van der Waals surface area contributed by atoms with Crippen LogP contribution in [-0.4, -0.2) is 18.5 Å². The number of esters is 1. The molecule has 2 rings (SSSR count). The first kappa shape index (κ1) is 18.2. The second-order valence-corrected chi connectivity index (χ2v) is 6.31. The van der Waals surface area contributed by atoms with Crippen LogP contribution >= 0.6 is 22.9 Å². The molecule has 1 amide bonds. The summed E-state index contributed by atoms with van der Waals surface area (Å²) in [4.78, 5) is 24.4. The minimum Gasteiger partial charge on any atom is -0.452 e. The van der Waals surface area contributed by atoms with E-state index in [-0.39, 0.29) is 23.6 Å². The zero-order valence-corrected chi connectivity index (χ0v) is 14.4. The van der Waals surface area contributed by atoms with Gasteiger partial charge in [0, 0.05) is 11.0 Å². The second-order valence-electron chi connectivity index (χ2n) is 4.92. The van der Waals surface area contributed by atoms with Gasteiger partial charge in [0.1, 0.15) is 5.82 Å². The molecule has 0 spiro atoms. The normalized spacial score (nSPS) is 12.1. The summed E-state index contributed by atoms with van der Waals surface area (Å²) < 4.78 is 17.9. The Morgan fingerprint density at radius 3 is 2.88 bits per heavy atom. The van der Waals surface area contributed by atoms with Gasteiger partial charge in [-0.05, 0) is 42.1 Å². The highest BCUT2D eigenvalue weighted by atomic mass is 35.5. The minimum absolute atomic E-state index is 0.0348. The smallest absolute Gasteiger partial charge is 0.331 e. The van der Waals surface area contributed by atoms with Crippen molar-refractivity contribution < 1.29 is 18.7 Å². The van der Waals surface area contributed by atoms with E-state index < -0.39 is 11.8 Å². The molecule has 1 heterocycles. The quantitative estimate of drug-likeness (QED) is 0.620. The first-order chi connectivity index (χ1) is 11.5. The number of benzene rings is 1. The van der Waals surface area contributed by atoms with Crippen molar-refractivity contribution in [3.8, 4) is 0 Å². The molecule has 7 heteroatoms. The fourth-order valence-corrected chi connectivity index (χ4v) is 2.78. The van der Waals surface area contributed by atoms with Gasteiger partial charge in [0.05, 0.1) is 11.1 Å². The van der Waals surface area contributed by atoms with Gasteiger partial charge in [-0.15, -0.1) is 11.3 Å². The summed E-state index contributed by atoms with van der Waals surface area (Å²) in [5.74, 6) is -1.59. The molecule has 2 aromatic rings. The lowest BCUT2D eigenvalue weighted by atomic mass is 10.2. The summed E-state index contributed by atoms with van der Waals surface area (Å²) in [6.07, 6.45) is 2.58. The maximum Gasteiger partial charge on any atom is 0.331 e. The average molecular weight is 368 g/mol. The van der Waals surface area contributed by atoms with E-state index >= 15 is 0 Å². The molecule has 0 radical (unpaired) electrons. The number of carbonyl (C=O) groups is 2. The average Bonchev–Trinajstić information content (AvgIpc) is 3.08. The van der Waals surface area contributed by atoms with E-state index in [9.17, 15) is 14.0 Å². The maximum absolute atomic E-state index is 13.0. The number of hydrogen-bond acceptors (Lipinski definition) is 4. The molecule has 0 saturated heterocycles. The van der Waals surface area contributed by atoms with Gasteiger partial charge in [0.2, 0.25) is 0 Å². The first-order valence-electron chi connectivity index (χ1n) is 7.08. The molecule has 0 saturated carbocycles. The van der Waals surface area contributed by atoms with Crippen molar-refractivity contribution in [3.63, 3.8) is 0 Å². The Bertz CT molecular complexity index is 746. The first-order valence-corrected chi connectivity index (χ1v) is 8.34. The van der Waals surface area contributed by atoms with E-state index in [0.717, 1.165) is 11.0 Å². The van der Waals surface area contributed by atoms with Crippen LogP contribution in [0.1, 0.15) is 23.4 Å². The topological polar surface area (TPSA) is 55.4 Å². The van der Waals surface area contributed by atoms with Crippen molar-refractivity contribution >= 4 is 40.9 Å². The zero-order chi connectivity index (χ0) is 17.5. The summed E-state index contributed by atoms with van der Waals surface area (Å²) in [6, 6.07) is 7.73. The fourth-order valence-electron chi connectivity index (χ4n) is 1.86.